The molecule has 19 heavy (non-hydrogen) atoms. The third kappa shape index (κ3) is 3.53. The molecule has 0 saturated heterocycles. The van der Waals surface area contributed by atoms with E-state index in [4.69, 9.17) is 23.2 Å². The molecular formula is C14H14BrCl2NS. The molecule has 5 heteroatoms. The third-order valence-corrected chi connectivity index (χ3v) is 5.70. The maximum Gasteiger partial charge on any atom is 0.0590 e. The van der Waals surface area contributed by atoms with Gasteiger partial charge >= 0.3 is 0 Å². The van der Waals surface area contributed by atoms with Crippen LogP contribution in [0.4, 0.5) is 0 Å². The standard InChI is InChI=1S/C14H14BrCl2NS/c1-8-7-19-14(13(8)17)12(18-2)5-9-3-4-10(15)6-11(9)16/h3-4,6-7,12,18H,5H2,1-2H3. The monoisotopic (exact) mass is 377 g/mol. The van der Waals surface area contributed by atoms with Crippen molar-refractivity contribution in [3.63, 3.8) is 0 Å². The number of nitrogens with one attached hydrogen (secondary N) is 1. The summed E-state index contributed by atoms with van der Waals surface area (Å²) < 4.78 is 0.993. The van der Waals surface area contributed by atoms with Gasteiger partial charge in [-0.05, 0) is 49.0 Å². The molecule has 1 aromatic carbocycles. The molecule has 102 valence electrons. The zero-order valence-corrected chi connectivity index (χ0v) is 14.6. The van der Waals surface area contributed by atoms with Gasteiger partial charge in [0.2, 0.25) is 0 Å². The first-order valence-electron chi connectivity index (χ1n) is 5.87. The molecule has 1 nitrogen and oxygen atoms in total. The van der Waals surface area contributed by atoms with Gasteiger partial charge in [-0.1, -0.05) is 45.2 Å². The fourth-order valence-electron chi connectivity index (χ4n) is 1.92. The first-order valence-corrected chi connectivity index (χ1v) is 8.30. The van der Waals surface area contributed by atoms with Crippen LogP contribution in [0.3, 0.4) is 0 Å². The Bertz CT molecular complexity index is 583. The number of benzene rings is 1. The van der Waals surface area contributed by atoms with Crippen molar-refractivity contribution >= 4 is 50.5 Å². The van der Waals surface area contributed by atoms with Crippen molar-refractivity contribution < 1.29 is 0 Å². The summed E-state index contributed by atoms with van der Waals surface area (Å²) in [7, 11) is 1.95. The molecule has 1 N–H and O–H groups in total. The van der Waals surface area contributed by atoms with E-state index < -0.39 is 0 Å². The van der Waals surface area contributed by atoms with Crippen molar-refractivity contribution in [1.82, 2.24) is 5.32 Å². The topological polar surface area (TPSA) is 12.0 Å². The van der Waals surface area contributed by atoms with E-state index in [2.05, 4.69) is 26.6 Å². The van der Waals surface area contributed by atoms with Crippen molar-refractivity contribution in [2.45, 2.75) is 19.4 Å². The Kier molecular flexibility index (Phi) is 5.32. The lowest BCUT2D eigenvalue weighted by atomic mass is 10.0. The second kappa shape index (κ2) is 6.59. The van der Waals surface area contributed by atoms with E-state index in [1.165, 1.54) is 4.88 Å². The first kappa shape index (κ1) is 15.3. The SMILES string of the molecule is CNC(Cc1ccc(Br)cc1Cl)c1scc(C)c1Cl. The van der Waals surface area contributed by atoms with Crippen LogP contribution >= 0.6 is 50.5 Å². The highest BCUT2D eigenvalue weighted by Gasteiger charge is 2.18. The van der Waals surface area contributed by atoms with Crippen molar-refractivity contribution in [2.24, 2.45) is 0 Å². The zero-order chi connectivity index (χ0) is 14.0. The maximum absolute atomic E-state index is 6.34. The summed E-state index contributed by atoms with van der Waals surface area (Å²) in [6.45, 7) is 2.03. The second-order valence-corrected chi connectivity index (χ2v) is 6.99. The average Bonchev–Trinajstić information content (AvgIpc) is 2.70. The minimum absolute atomic E-state index is 0.185. The molecular weight excluding hydrogens is 365 g/mol. The number of rotatable bonds is 4. The van der Waals surface area contributed by atoms with Gasteiger partial charge in [-0.3, -0.25) is 0 Å². The lowest BCUT2D eigenvalue weighted by molar-refractivity contribution is 0.602. The van der Waals surface area contributed by atoms with Crippen LogP contribution in [0.15, 0.2) is 28.1 Å². The van der Waals surface area contributed by atoms with Gasteiger partial charge in [0.1, 0.15) is 0 Å². The lowest BCUT2D eigenvalue weighted by Crippen LogP contribution is -2.18. The van der Waals surface area contributed by atoms with Gasteiger partial charge in [0.15, 0.2) is 0 Å². The molecule has 0 radical (unpaired) electrons. The molecule has 2 aromatic rings. The van der Waals surface area contributed by atoms with Gasteiger partial charge in [-0.15, -0.1) is 11.3 Å². The van der Waals surface area contributed by atoms with Crippen LogP contribution in [0, 0.1) is 6.92 Å². The van der Waals surface area contributed by atoms with Crippen LogP contribution in [0.5, 0.6) is 0 Å². The molecule has 0 aliphatic heterocycles. The van der Waals surface area contributed by atoms with Crippen LogP contribution < -0.4 is 5.32 Å². The van der Waals surface area contributed by atoms with Crippen LogP contribution in [0.2, 0.25) is 10.0 Å². The Morgan fingerprint density at radius 3 is 2.63 bits per heavy atom. The fourth-order valence-corrected chi connectivity index (χ4v) is 4.10. The van der Waals surface area contributed by atoms with Crippen LogP contribution in [-0.2, 0) is 6.42 Å². The molecule has 2 rings (SSSR count). The van der Waals surface area contributed by atoms with E-state index in [0.717, 1.165) is 32.1 Å². The normalized spacial score (nSPS) is 12.7. The van der Waals surface area contributed by atoms with Gasteiger partial charge in [0, 0.05) is 20.4 Å². The minimum Gasteiger partial charge on any atom is -0.312 e. The summed E-state index contributed by atoms with van der Waals surface area (Å²) in [6, 6.07) is 6.16. The summed E-state index contributed by atoms with van der Waals surface area (Å²) >= 11 is 17.7. The average molecular weight is 379 g/mol. The molecule has 0 aliphatic rings. The summed E-state index contributed by atoms with van der Waals surface area (Å²) in [5.41, 5.74) is 2.25. The Morgan fingerprint density at radius 1 is 1.37 bits per heavy atom. The number of hydrogen-bond donors (Lipinski definition) is 1. The van der Waals surface area contributed by atoms with Gasteiger partial charge in [0.05, 0.1) is 5.02 Å². The van der Waals surface area contributed by atoms with E-state index in [1.807, 2.05) is 32.2 Å². The third-order valence-electron chi connectivity index (χ3n) is 3.03. The summed E-state index contributed by atoms with van der Waals surface area (Å²) in [4.78, 5) is 1.17. The Hall–Kier alpha value is -0.0600. The van der Waals surface area contributed by atoms with Crippen LogP contribution in [-0.4, -0.2) is 7.05 Å². The number of halogens is 3. The predicted molar refractivity (Wildman–Crippen MR) is 88.7 cm³/mol. The molecule has 0 saturated carbocycles. The Morgan fingerprint density at radius 2 is 2.11 bits per heavy atom. The molecule has 0 amide bonds. The zero-order valence-electron chi connectivity index (χ0n) is 10.6. The highest BCUT2D eigenvalue weighted by molar-refractivity contribution is 9.10. The minimum atomic E-state index is 0.185. The van der Waals surface area contributed by atoms with Gasteiger partial charge in [-0.2, -0.15) is 0 Å². The van der Waals surface area contributed by atoms with Crippen LogP contribution in [0.1, 0.15) is 22.0 Å². The van der Waals surface area contributed by atoms with Crippen molar-refractivity contribution in [3.8, 4) is 0 Å². The number of thiophene rings is 1. The molecule has 0 spiro atoms. The van der Waals surface area contributed by atoms with Gasteiger partial charge < -0.3 is 5.32 Å². The number of aryl methyl sites for hydroxylation is 1. The number of likely N-dealkylation sites (N-methyl/N-ethyl adjacent to an activating group) is 1. The second-order valence-electron chi connectivity index (χ2n) is 4.38. The van der Waals surface area contributed by atoms with E-state index in [1.54, 1.807) is 11.3 Å². The molecule has 1 aromatic heterocycles. The van der Waals surface area contributed by atoms with Crippen molar-refractivity contribution in [3.05, 3.63) is 54.1 Å². The van der Waals surface area contributed by atoms with Crippen molar-refractivity contribution in [1.29, 1.82) is 0 Å². The fraction of sp³-hybridized carbons (Fsp3) is 0.286. The Labute approximate surface area is 136 Å². The smallest absolute Gasteiger partial charge is 0.0590 e. The molecule has 1 atom stereocenters. The lowest BCUT2D eigenvalue weighted by Gasteiger charge is -2.16. The maximum atomic E-state index is 6.34. The van der Waals surface area contributed by atoms with E-state index in [9.17, 15) is 0 Å². The van der Waals surface area contributed by atoms with Crippen molar-refractivity contribution in [2.75, 3.05) is 7.05 Å². The molecule has 1 heterocycles. The summed E-state index contributed by atoms with van der Waals surface area (Å²) in [5, 5.41) is 7.04. The first-order chi connectivity index (χ1) is 9.02. The largest absolute Gasteiger partial charge is 0.312 e. The molecule has 0 fully saturated rings. The van der Waals surface area contributed by atoms with Gasteiger partial charge in [0.25, 0.3) is 0 Å². The molecule has 0 bridgehead atoms. The highest BCUT2D eigenvalue weighted by Crippen LogP contribution is 2.35. The van der Waals surface area contributed by atoms with Crippen LogP contribution in [0.25, 0.3) is 0 Å². The molecule has 0 aliphatic carbocycles. The summed E-state index contributed by atoms with van der Waals surface area (Å²) in [5.74, 6) is 0. The number of hydrogen-bond acceptors (Lipinski definition) is 2. The molecule has 1 unspecified atom stereocenters. The quantitative estimate of drug-likeness (QED) is 0.726. The van der Waals surface area contributed by atoms with Gasteiger partial charge in [-0.25, -0.2) is 0 Å². The van der Waals surface area contributed by atoms with E-state index in [0.29, 0.717) is 0 Å². The Balaban J connectivity index is 2.26. The highest BCUT2D eigenvalue weighted by atomic mass is 79.9. The van der Waals surface area contributed by atoms with E-state index in [-0.39, 0.29) is 6.04 Å². The van der Waals surface area contributed by atoms with E-state index >= 15 is 0 Å². The summed E-state index contributed by atoms with van der Waals surface area (Å²) in [6.07, 6.45) is 0.822. The predicted octanol–water partition coefficient (Wildman–Crippen LogP) is 5.63.